The smallest absolute Gasteiger partial charge is 0.407 e. The normalized spacial score (nSPS) is 17.2. The zero-order valence-corrected chi connectivity index (χ0v) is 16.9. The van der Waals surface area contributed by atoms with Crippen LogP contribution >= 0.6 is 11.9 Å². The van der Waals surface area contributed by atoms with E-state index in [0.717, 1.165) is 36.3 Å². The van der Waals surface area contributed by atoms with Gasteiger partial charge in [0, 0.05) is 28.5 Å². The summed E-state index contributed by atoms with van der Waals surface area (Å²) in [4.78, 5) is 20.5. The van der Waals surface area contributed by atoms with Gasteiger partial charge in [0.15, 0.2) is 0 Å². The van der Waals surface area contributed by atoms with E-state index in [0.29, 0.717) is 5.95 Å². The van der Waals surface area contributed by atoms with Gasteiger partial charge < -0.3 is 15.4 Å². The Morgan fingerprint density at radius 2 is 1.82 bits per heavy atom. The average molecular weight is 402 g/mol. The second-order valence-electron chi connectivity index (χ2n) is 7.34. The monoisotopic (exact) mass is 401 g/mol. The number of amides is 1. The molecule has 1 heterocycles. The first-order valence-electron chi connectivity index (χ1n) is 9.56. The van der Waals surface area contributed by atoms with Crippen molar-refractivity contribution >= 4 is 29.7 Å². The fourth-order valence-corrected chi connectivity index (χ4v) is 3.15. The summed E-state index contributed by atoms with van der Waals surface area (Å²) in [6.45, 7) is 2.06. The van der Waals surface area contributed by atoms with Crippen molar-refractivity contribution in [1.82, 2.24) is 15.3 Å². The van der Waals surface area contributed by atoms with Crippen LogP contribution in [0.5, 0.6) is 0 Å². The van der Waals surface area contributed by atoms with E-state index in [1.807, 2.05) is 24.3 Å². The number of carbonyl (C=O) groups excluding carboxylic acids is 1. The zero-order valence-electron chi connectivity index (χ0n) is 16.1. The molecule has 2 aliphatic rings. The predicted octanol–water partition coefficient (Wildman–Crippen LogP) is 4.39. The molecular weight excluding hydrogens is 374 g/mol. The molecular formula is C20H27N5O2S. The van der Waals surface area contributed by atoms with Gasteiger partial charge in [-0.25, -0.2) is 14.8 Å². The van der Waals surface area contributed by atoms with Crippen LogP contribution in [-0.2, 0) is 4.74 Å². The lowest BCUT2D eigenvalue weighted by Crippen LogP contribution is -2.36. The maximum Gasteiger partial charge on any atom is 0.407 e. The fourth-order valence-electron chi connectivity index (χ4n) is 2.86. The van der Waals surface area contributed by atoms with Crippen LogP contribution in [-0.4, -0.2) is 27.7 Å². The highest BCUT2D eigenvalue weighted by molar-refractivity contribution is 7.97. The second-order valence-corrected chi connectivity index (χ2v) is 8.04. The summed E-state index contributed by atoms with van der Waals surface area (Å²) in [5.74, 6) is 0.589. The average Bonchev–Trinajstić information content (AvgIpc) is 3.20. The quantitative estimate of drug-likeness (QED) is 0.638. The molecule has 1 aromatic heterocycles. The molecule has 2 aliphatic carbocycles. The van der Waals surface area contributed by atoms with Crippen LogP contribution < -0.4 is 15.8 Å². The van der Waals surface area contributed by atoms with E-state index in [2.05, 4.69) is 27.5 Å². The zero-order chi connectivity index (χ0) is 19.8. The second kappa shape index (κ2) is 9.75. The minimum absolute atomic E-state index is 0.0513. The van der Waals surface area contributed by atoms with Crippen molar-refractivity contribution in [2.45, 2.75) is 62.0 Å². The van der Waals surface area contributed by atoms with Crippen LogP contribution in [0.3, 0.4) is 0 Å². The van der Waals surface area contributed by atoms with Crippen molar-refractivity contribution in [3.05, 3.63) is 42.7 Å². The first kappa shape index (κ1) is 20.4. The Hall–Kier alpha value is -2.32. The number of hydrogen-bond acceptors (Lipinski definition) is 7. The van der Waals surface area contributed by atoms with Crippen LogP contribution in [0.2, 0.25) is 0 Å². The number of benzene rings is 1. The van der Waals surface area contributed by atoms with Gasteiger partial charge >= 0.3 is 6.09 Å². The minimum atomic E-state index is -0.216. The third-order valence-corrected chi connectivity index (χ3v) is 5.34. The molecule has 0 atom stereocenters. The van der Waals surface area contributed by atoms with E-state index in [1.54, 1.807) is 18.5 Å². The van der Waals surface area contributed by atoms with Gasteiger partial charge in [-0.1, -0.05) is 0 Å². The minimum Gasteiger partial charge on any atom is -0.446 e. The summed E-state index contributed by atoms with van der Waals surface area (Å²) in [5.41, 5.74) is 0.995. The molecule has 2 saturated carbocycles. The molecule has 0 unspecified atom stereocenters. The standard InChI is InChI=1S/C10H10N4S.C10H17NO2/c11-15-9-4-2-8(3-5-9)14-10-12-6-1-7-13-10;1-10(6-7-10)11-9(12)13-8-4-2-3-5-8/h1-7H,11H2,(H,12,13,14);8H,2-7H2,1H3,(H,11,12). The number of aromatic nitrogens is 2. The molecule has 4 rings (SSSR count). The number of hydrogen-bond donors (Lipinski definition) is 3. The number of rotatable bonds is 5. The Kier molecular flexibility index (Phi) is 7.11. The van der Waals surface area contributed by atoms with E-state index in [-0.39, 0.29) is 17.7 Å². The molecule has 0 radical (unpaired) electrons. The van der Waals surface area contributed by atoms with Crippen LogP contribution in [0.25, 0.3) is 0 Å². The third kappa shape index (κ3) is 6.69. The molecule has 8 heteroatoms. The van der Waals surface area contributed by atoms with E-state index in [4.69, 9.17) is 9.88 Å². The van der Waals surface area contributed by atoms with E-state index in [9.17, 15) is 4.79 Å². The van der Waals surface area contributed by atoms with Gasteiger partial charge in [-0.15, -0.1) is 0 Å². The lowest BCUT2D eigenvalue weighted by molar-refractivity contribution is 0.0975. The lowest BCUT2D eigenvalue weighted by atomic mass is 10.3. The molecule has 0 aliphatic heterocycles. The maximum atomic E-state index is 11.3. The molecule has 0 saturated heterocycles. The molecule has 150 valence electrons. The molecule has 7 nitrogen and oxygen atoms in total. The predicted molar refractivity (Wildman–Crippen MR) is 111 cm³/mol. The van der Waals surface area contributed by atoms with Gasteiger partial charge in [-0.2, -0.15) is 0 Å². The Morgan fingerprint density at radius 1 is 1.18 bits per heavy atom. The van der Waals surface area contributed by atoms with E-state index in [1.165, 1.54) is 24.8 Å². The van der Waals surface area contributed by atoms with E-state index < -0.39 is 0 Å². The number of nitrogens with one attached hydrogen (secondary N) is 2. The molecule has 28 heavy (non-hydrogen) atoms. The van der Waals surface area contributed by atoms with Crippen LogP contribution in [0.4, 0.5) is 16.4 Å². The molecule has 4 N–H and O–H groups in total. The molecule has 1 amide bonds. The van der Waals surface area contributed by atoms with Crippen molar-refractivity contribution in [1.29, 1.82) is 0 Å². The molecule has 2 fully saturated rings. The number of anilines is 2. The Morgan fingerprint density at radius 3 is 2.39 bits per heavy atom. The van der Waals surface area contributed by atoms with Gasteiger partial charge in [0.05, 0.1) is 0 Å². The lowest BCUT2D eigenvalue weighted by Gasteiger charge is -2.15. The summed E-state index contributed by atoms with van der Waals surface area (Å²) in [5, 5.41) is 11.4. The number of alkyl carbamates (subject to hydrolysis) is 1. The van der Waals surface area contributed by atoms with Crippen molar-refractivity contribution in [2.75, 3.05) is 5.32 Å². The Balaban J connectivity index is 0.000000162. The topological polar surface area (TPSA) is 102 Å². The summed E-state index contributed by atoms with van der Waals surface area (Å²) >= 11 is 1.22. The first-order chi connectivity index (χ1) is 13.6. The highest BCUT2D eigenvalue weighted by Gasteiger charge is 2.39. The molecule has 0 bridgehead atoms. The summed E-state index contributed by atoms with van der Waals surface area (Å²) < 4.78 is 5.28. The SMILES string of the molecule is CC1(NC(=O)OC2CCCC2)CC1.NSc1ccc(Nc2ncccn2)cc1. The van der Waals surface area contributed by atoms with E-state index >= 15 is 0 Å². The van der Waals surface area contributed by atoms with Crippen molar-refractivity contribution in [2.24, 2.45) is 5.14 Å². The highest BCUT2D eigenvalue weighted by Crippen LogP contribution is 2.34. The molecule has 1 aromatic carbocycles. The summed E-state index contributed by atoms with van der Waals surface area (Å²) in [6.07, 6.45) is 10.0. The Bertz CT molecular complexity index is 747. The highest BCUT2D eigenvalue weighted by atomic mass is 32.2. The Labute approximate surface area is 170 Å². The first-order valence-corrected chi connectivity index (χ1v) is 10.4. The van der Waals surface area contributed by atoms with Crippen molar-refractivity contribution < 1.29 is 9.53 Å². The van der Waals surface area contributed by atoms with Gasteiger partial charge in [-0.05, 0) is 87.7 Å². The van der Waals surface area contributed by atoms with Gasteiger partial charge in [-0.3, -0.25) is 5.14 Å². The number of carbonyl (C=O) groups is 1. The van der Waals surface area contributed by atoms with Crippen molar-refractivity contribution in [3.63, 3.8) is 0 Å². The number of nitrogens with two attached hydrogens (primary N) is 1. The summed E-state index contributed by atoms with van der Waals surface area (Å²) in [7, 11) is 0. The molecule has 0 spiro atoms. The number of ether oxygens (including phenoxy) is 1. The fraction of sp³-hybridized carbons (Fsp3) is 0.450. The molecule has 2 aromatic rings. The van der Waals surface area contributed by atoms with Crippen LogP contribution in [0.1, 0.15) is 45.4 Å². The number of nitrogens with zero attached hydrogens (tertiary/aromatic N) is 2. The van der Waals surface area contributed by atoms with Crippen LogP contribution in [0.15, 0.2) is 47.6 Å². The van der Waals surface area contributed by atoms with Gasteiger partial charge in [0.25, 0.3) is 0 Å². The summed E-state index contributed by atoms with van der Waals surface area (Å²) in [6, 6.07) is 9.53. The van der Waals surface area contributed by atoms with Crippen LogP contribution in [0, 0.1) is 0 Å². The van der Waals surface area contributed by atoms with Gasteiger partial charge in [0.1, 0.15) is 6.10 Å². The maximum absolute atomic E-state index is 11.3. The van der Waals surface area contributed by atoms with Gasteiger partial charge in [0.2, 0.25) is 5.95 Å². The largest absolute Gasteiger partial charge is 0.446 e. The third-order valence-electron chi connectivity index (χ3n) is 4.79. The van der Waals surface area contributed by atoms with Crippen molar-refractivity contribution in [3.8, 4) is 0 Å².